The second-order valence-corrected chi connectivity index (χ2v) is 7.83. The molecule has 7 nitrogen and oxygen atoms in total. The molecule has 1 heterocycles. The minimum Gasteiger partial charge on any atom is -0.383 e. The summed E-state index contributed by atoms with van der Waals surface area (Å²) in [6, 6.07) is 8.70. The number of aromatic nitrogens is 1. The van der Waals surface area contributed by atoms with E-state index in [0.29, 0.717) is 16.8 Å². The first-order chi connectivity index (χ1) is 16.7. The maximum atomic E-state index is 14.1. The lowest BCUT2D eigenvalue weighted by molar-refractivity contribution is -0.125. The molecule has 3 aromatic rings. The summed E-state index contributed by atoms with van der Waals surface area (Å²) < 4.78 is 46.9. The van der Waals surface area contributed by atoms with E-state index in [1.807, 2.05) is 0 Å². The number of hydrogen-bond donors (Lipinski definition) is 3. The van der Waals surface area contributed by atoms with E-state index in [0.717, 1.165) is 12.1 Å². The molecule has 4 N–H and O–H groups in total. The predicted octanol–water partition coefficient (Wildman–Crippen LogP) is 2.90. The van der Waals surface area contributed by atoms with Crippen LogP contribution < -0.4 is 16.4 Å². The first-order valence-corrected chi connectivity index (χ1v) is 10.7. The van der Waals surface area contributed by atoms with Gasteiger partial charge in [0.1, 0.15) is 23.5 Å². The summed E-state index contributed by atoms with van der Waals surface area (Å²) in [5, 5.41) is 5.70. The maximum Gasteiger partial charge on any atom is 0.251 e. The van der Waals surface area contributed by atoms with Gasteiger partial charge < -0.3 is 21.1 Å². The van der Waals surface area contributed by atoms with Crippen molar-refractivity contribution in [3.8, 4) is 11.1 Å². The van der Waals surface area contributed by atoms with Gasteiger partial charge in [0.05, 0.1) is 23.9 Å². The Labute approximate surface area is 200 Å². The smallest absolute Gasteiger partial charge is 0.251 e. The fourth-order valence-corrected chi connectivity index (χ4v) is 3.73. The molecule has 1 aromatic heterocycles. The van der Waals surface area contributed by atoms with Crippen molar-refractivity contribution in [2.24, 2.45) is 5.73 Å². The molecule has 0 radical (unpaired) electrons. The maximum absolute atomic E-state index is 14.1. The van der Waals surface area contributed by atoms with E-state index in [-0.39, 0.29) is 24.2 Å². The van der Waals surface area contributed by atoms with Crippen LogP contribution in [0, 0.1) is 17.5 Å². The number of hydrogen-bond acceptors (Lipinski definition) is 5. The molecule has 2 aromatic carbocycles. The zero-order valence-electron chi connectivity index (χ0n) is 19.1. The average Bonchev–Trinajstić information content (AvgIpc) is 2.81. The molecule has 0 aliphatic rings. The van der Waals surface area contributed by atoms with Crippen LogP contribution in [0.25, 0.3) is 11.1 Å². The highest BCUT2D eigenvalue weighted by Gasteiger charge is 2.25. The second-order valence-electron chi connectivity index (χ2n) is 7.83. The fourth-order valence-electron chi connectivity index (χ4n) is 3.73. The Bertz CT molecular complexity index is 1200. The summed E-state index contributed by atoms with van der Waals surface area (Å²) in [4.78, 5) is 29.0. The van der Waals surface area contributed by atoms with Gasteiger partial charge in [-0.1, -0.05) is 12.1 Å². The van der Waals surface area contributed by atoms with E-state index >= 15 is 0 Å². The molecule has 0 saturated carbocycles. The summed E-state index contributed by atoms with van der Waals surface area (Å²) in [6.07, 6.45) is 1.49. The molecule has 0 aliphatic heterocycles. The molecule has 0 fully saturated rings. The Hall–Kier alpha value is -3.76. The number of methoxy groups -OCH3 is 1. The molecule has 10 heteroatoms. The lowest BCUT2D eigenvalue weighted by atomic mass is 9.94. The van der Waals surface area contributed by atoms with Crippen LogP contribution in [0.4, 0.5) is 13.2 Å². The number of nitrogens with two attached hydrogens (primary N) is 1. The van der Waals surface area contributed by atoms with Crippen molar-refractivity contribution < 1.29 is 27.5 Å². The number of ether oxygens (including phenoxy) is 1. The molecule has 0 saturated heterocycles. The number of halogens is 3. The molecule has 2 atom stereocenters. The number of carbonyl (C=O) groups is 2. The van der Waals surface area contributed by atoms with Crippen LogP contribution in [0.5, 0.6) is 0 Å². The summed E-state index contributed by atoms with van der Waals surface area (Å²) >= 11 is 0. The SMILES string of the molecule is CN[C@H](COC)C(=O)N[C@@H](Cc1cc(F)cc(F)c1)c1ncccc1-c1ccc(F)c(C(N)=O)c1. The zero-order valence-corrected chi connectivity index (χ0v) is 19.1. The van der Waals surface area contributed by atoms with E-state index in [9.17, 15) is 22.8 Å². The third-order valence-electron chi connectivity index (χ3n) is 5.39. The summed E-state index contributed by atoms with van der Waals surface area (Å²) in [5.74, 6) is -3.66. The Morgan fingerprint density at radius 3 is 2.43 bits per heavy atom. The molecule has 0 unspecified atom stereocenters. The van der Waals surface area contributed by atoms with Gasteiger partial charge in [0, 0.05) is 24.9 Å². The van der Waals surface area contributed by atoms with Crippen molar-refractivity contribution in [2.75, 3.05) is 20.8 Å². The van der Waals surface area contributed by atoms with E-state index in [2.05, 4.69) is 15.6 Å². The number of rotatable bonds is 10. The lowest BCUT2D eigenvalue weighted by Gasteiger charge is -2.24. The van der Waals surface area contributed by atoms with Crippen LogP contribution in [-0.2, 0) is 16.0 Å². The second kappa shape index (κ2) is 11.6. The van der Waals surface area contributed by atoms with Gasteiger partial charge in [0.2, 0.25) is 5.91 Å². The van der Waals surface area contributed by atoms with Crippen molar-refractivity contribution in [3.63, 3.8) is 0 Å². The molecule has 0 spiro atoms. The minimum atomic E-state index is -0.939. The Morgan fingerprint density at radius 1 is 1.09 bits per heavy atom. The normalized spacial score (nSPS) is 12.7. The highest BCUT2D eigenvalue weighted by atomic mass is 19.1. The molecule has 184 valence electrons. The molecule has 2 amide bonds. The number of likely N-dealkylation sites (N-methyl/N-ethyl adjacent to an activating group) is 1. The summed E-state index contributed by atoms with van der Waals surface area (Å²) in [6.45, 7) is 0.0820. The number of pyridine rings is 1. The Kier molecular flexibility index (Phi) is 8.56. The van der Waals surface area contributed by atoms with Crippen molar-refractivity contribution in [1.29, 1.82) is 0 Å². The highest BCUT2D eigenvalue weighted by Crippen LogP contribution is 2.30. The average molecular weight is 486 g/mol. The van der Waals surface area contributed by atoms with Crippen LogP contribution in [0.2, 0.25) is 0 Å². The summed E-state index contributed by atoms with van der Waals surface area (Å²) in [7, 11) is 3.04. The first kappa shape index (κ1) is 25.9. The Balaban J connectivity index is 2.09. The molecule has 35 heavy (non-hydrogen) atoms. The highest BCUT2D eigenvalue weighted by molar-refractivity contribution is 5.94. The third kappa shape index (κ3) is 6.43. The van der Waals surface area contributed by atoms with E-state index in [1.165, 1.54) is 37.6 Å². The first-order valence-electron chi connectivity index (χ1n) is 10.7. The van der Waals surface area contributed by atoms with Crippen molar-refractivity contribution in [2.45, 2.75) is 18.5 Å². The van der Waals surface area contributed by atoms with Gasteiger partial charge in [-0.15, -0.1) is 0 Å². The molecular weight excluding hydrogens is 461 g/mol. The van der Waals surface area contributed by atoms with Crippen molar-refractivity contribution in [1.82, 2.24) is 15.6 Å². The van der Waals surface area contributed by atoms with Crippen molar-refractivity contribution in [3.05, 3.63) is 89.0 Å². The van der Waals surface area contributed by atoms with E-state index in [1.54, 1.807) is 19.2 Å². The molecule has 3 rings (SSSR count). The predicted molar refractivity (Wildman–Crippen MR) is 124 cm³/mol. The van der Waals surface area contributed by atoms with Gasteiger partial charge >= 0.3 is 0 Å². The number of nitrogens with zero attached hydrogens (tertiary/aromatic N) is 1. The number of benzene rings is 2. The molecule has 0 aliphatic carbocycles. The summed E-state index contributed by atoms with van der Waals surface area (Å²) in [5.41, 5.74) is 6.52. The number of primary amides is 1. The van der Waals surface area contributed by atoms with Gasteiger partial charge in [-0.3, -0.25) is 14.6 Å². The number of carbonyl (C=O) groups excluding carboxylic acids is 2. The van der Waals surface area contributed by atoms with E-state index in [4.69, 9.17) is 10.5 Å². The van der Waals surface area contributed by atoms with Crippen LogP contribution in [0.3, 0.4) is 0 Å². The fraction of sp³-hybridized carbons (Fsp3) is 0.240. The standard InChI is InChI=1S/C25H25F3N4O3/c1-30-22(13-35-2)25(34)32-21(10-14-8-16(26)12-17(27)9-14)23-18(4-3-7-31-23)15-5-6-20(28)19(11-15)24(29)33/h3-9,11-12,21-22,30H,10,13H2,1-2H3,(H2,29,33)(H,32,34)/t21-,22+/m0/s1. The molecular formula is C25H25F3N4O3. The minimum absolute atomic E-state index is 0.00226. The molecule has 0 bridgehead atoms. The number of nitrogens with one attached hydrogen (secondary N) is 2. The lowest BCUT2D eigenvalue weighted by Crippen LogP contribution is -2.47. The van der Waals surface area contributed by atoms with Crippen LogP contribution >= 0.6 is 0 Å². The Morgan fingerprint density at radius 2 is 1.80 bits per heavy atom. The van der Waals surface area contributed by atoms with Gasteiger partial charge in [-0.2, -0.15) is 0 Å². The van der Waals surface area contributed by atoms with Crippen LogP contribution in [0.1, 0.15) is 27.7 Å². The zero-order chi connectivity index (χ0) is 25.5. The third-order valence-corrected chi connectivity index (χ3v) is 5.39. The van der Waals surface area contributed by atoms with Gasteiger partial charge in [-0.25, -0.2) is 13.2 Å². The number of amides is 2. The quantitative estimate of drug-likeness (QED) is 0.409. The topological polar surface area (TPSA) is 106 Å². The van der Waals surface area contributed by atoms with Crippen molar-refractivity contribution >= 4 is 11.8 Å². The van der Waals surface area contributed by atoms with Crippen LogP contribution in [0.15, 0.2) is 54.7 Å². The van der Waals surface area contributed by atoms with Gasteiger partial charge in [-0.05, 0) is 54.9 Å². The monoisotopic (exact) mass is 486 g/mol. The van der Waals surface area contributed by atoms with E-state index < -0.39 is 41.3 Å². The largest absolute Gasteiger partial charge is 0.383 e. The van der Waals surface area contributed by atoms with Crippen LogP contribution in [-0.4, -0.2) is 43.6 Å². The van der Waals surface area contributed by atoms with Gasteiger partial charge in [0.25, 0.3) is 5.91 Å². The van der Waals surface area contributed by atoms with Gasteiger partial charge in [0.15, 0.2) is 0 Å².